The van der Waals surface area contributed by atoms with Crippen molar-refractivity contribution in [3.05, 3.63) is 39.9 Å². The maximum Gasteiger partial charge on any atom is 0.269 e. The molecule has 0 amide bonds. The predicted molar refractivity (Wildman–Crippen MR) is 112 cm³/mol. The molecule has 0 radical (unpaired) electrons. The fourth-order valence-electron chi connectivity index (χ4n) is 2.91. The third-order valence-electron chi connectivity index (χ3n) is 4.10. The lowest BCUT2D eigenvalue weighted by Gasteiger charge is -2.37. The van der Waals surface area contributed by atoms with Crippen LogP contribution in [-0.2, 0) is 6.54 Å². The van der Waals surface area contributed by atoms with E-state index >= 15 is 0 Å². The minimum absolute atomic E-state index is 0. The normalized spacial score (nSPS) is 15.8. The molecule has 25 heavy (non-hydrogen) atoms. The molecule has 0 atom stereocenters. The summed E-state index contributed by atoms with van der Waals surface area (Å²) in [5.74, 6) is 1.58. The van der Waals surface area contributed by atoms with E-state index in [9.17, 15) is 10.1 Å². The zero-order valence-electron chi connectivity index (χ0n) is 15.1. The highest BCUT2D eigenvalue weighted by atomic mass is 127. The van der Waals surface area contributed by atoms with Crippen molar-refractivity contribution in [2.45, 2.75) is 20.4 Å². The molecule has 8 heteroatoms. The Balaban J connectivity index is 0.00000312. The number of halogens is 1. The Kier molecular flexibility index (Phi) is 9.12. The molecular weight excluding hydrogens is 433 g/mol. The molecule has 1 saturated heterocycles. The van der Waals surface area contributed by atoms with E-state index in [1.807, 2.05) is 0 Å². The molecule has 0 bridgehead atoms. The standard InChI is InChI=1S/C17H27N5O2.HI/c1-14(2)13-20-8-10-21(11-9-20)17(18-3)19-12-15-4-6-16(7-5-15)22(23)24;/h4-7,14H,8-13H2,1-3H3,(H,18,19);1H. The second kappa shape index (κ2) is 10.5. The van der Waals surface area contributed by atoms with E-state index in [-0.39, 0.29) is 34.6 Å². The Labute approximate surface area is 166 Å². The number of rotatable bonds is 5. The summed E-state index contributed by atoms with van der Waals surface area (Å²) < 4.78 is 0. The lowest BCUT2D eigenvalue weighted by Crippen LogP contribution is -2.52. The van der Waals surface area contributed by atoms with Gasteiger partial charge in [-0.2, -0.15) is 0 Å². The fourth-order valence-corrected chi connectivity index (χ4v) is 2.91. The van der Waals surface area contributed by atoms with Gasteiger partial charge >= 0.3 is 0 Å². The number of guanidine groups is 1. The predicted octanol–water partition coefficient (Wildman–Crippen LogP) is 2.56. The van der Waals surface area contributed by atoms with Gasteiger partial charge in [0, 0.05) is 58.4 Å². The van der Waals surface area contributed by atoms with Crippen LogP contribution in [0.15, 0.2) is 29.3 Å². The molecule has 1 aliphatic heterocycles. The summed E-state index contributed by atoms with van der Waals surface area (Å²) in [5.41, 5.74) is 1.12. The molecule has 0 unspecified atom stereocenters. The van der Waals surface area contributed by atoms with Crippen molar-refractivity contribution >= 4 is 35.6 Å². The van der Waals surface area contributed by atoms with Gasteiger partial charge in [0.15, 0.2) is 5.96 Å². The number of benzene rings is 1. The molecule has 1 fully saturated rings. The van der Waals surface area contributed by atoms with Crippen LogP contribution in [0.4, 0.5) is 5.69 Å². The molecule has 1 aromatic rings. The molecule has 1 heterocycles. The summed E-state index contributed by atoms with van der Waals surface area (Å²) in [4.78, 5) is 19.4. The minimum atomic E-state index is -0.382. The van der Waals surface area contributed by atoms with Gasteiger partial charge in [0.2, 0.25) is 0 Å². The van der Waals surface area contributed by atoms with Gasteiger partial charge in [-0.3, -0.25) is 20.0 Å². The van der Waals surface area contributed by atoms with E-state index < -0.39 is 0 Å². The van der Waals surface area contributed by atoms with Gasteiger partial charge in [-0.1, -0.05) is 26.0 Å². The highest BCUT2D eigenvalue weighted by Crippen LogP contribution is 2.12. The molecule has 0 spiro atoms. The van der Waals surface area contributed by atoms with E-state index in [2.05, 4.69) is 34.0 Å². The van der Waals surface area contributed by atoms with Crippen molar-refractivity contribution < 1.29 is 4.92 Å². The average Bonchev–Trinajstić information content (AvgIpc) is 2.56. The average molecular weight is 461 g/mol. The summed E-state index contributed by atoms with van der Waals surface area (Å²) in [6, 6.07) is 6.62. The Hall–Kier alpha value is -1.42. The Morgan fingerprint density at radius 1 is 1.24 bits per heavy atom. The van der Waals surface area contributed by atoms with Gasteiger partial charge in [0.1, 0.15) is 0 Å². The van der Waals surface area contributed by atoms with Crippen LogP contribution in [0.5, 0.6) is 0 Å². The van der Waals surface area contributed by atoms with Crippen molar-refractivity contribution in [3.63, 3.8) is 0 Å². The van der Waals surface area contributed by atoms with Crippen LogP contribution in [0.3, 0.4) is 0 Å². The van der Waals surface area contributed by atoms with Gasteiger partial charge in [0.25, 0.3) is 5.69 Å². The number of nitrogens with one attached hydrogen (secondary N) is 1. The lowest BCUT2D eigenvalue weighted by atomic mass is 10.2. The third-order valence-corrected chi connectivity index (χ3v) is 4.10. The monoisotopic (exact) mass is 461 g/mol. The summed E-state index contributed by atoms with van der Waals surface area (Å²) in [6.45, 7) is 10.3. The first-order chi connectivity index (χ1) is 11.5. The van der Waals surface area contributed by atoms with Crippen LogP contribution in [0, 0.1) is 16.0 Å². The Morgan fingerprint density at radius 2 is 1.84 bits per heavy atom. The van der Waals surface area contributed by atoms with Crippen molar-refractivity contribution in [2.24, 2.45) is 10.9 Å². The van der Waals surface area contributed by atoms with Gasteiger partial charge in [0.05, 0.1) is 4.92 Å². The maximum atomic E-state index is 10.7. The summed E-state index contributed by atoms with van der Waals surface area (Å²) in [5, 5.41) is 14.0. The first-order valence-electron chi connectivity index (χ1n) is 8.41. The molecule has 1 aliphatic rings. The number of nitro benzene ring substituents is 1. The van der Waals surface area contributed by atoms with Gasteiger partial charge in [-0.05, 0) is 11.5 Å². The smallest absolute Gasteiger partial charge is 0.269 e. The Bertz CT molecular complexity index is 569. The van der Waals surface area contributed by atoms with Gasteiger partial charge in [-0.25, -0.2) is 0 Å². The molecular formula is C17H28IN5O2. The lowest BCUT2D eigenvalue weighted by molar-refractivity contribution is -0.384. The quantitative estimate of drug-likeness (QED) is 0.240. The SMILES string of the molecule is CN=C(NCc1ccc([N+](=O)[O-])cc1)N1CCN(CC(C)C)CC1.I. The van der Waals surface area contributed by atoms with E-state index in [0.717, 1.165) is 44.2 Å². The van der Waals surface area contributed by atoms with Crippen molar-refractivity contribution in [2.75, 3.05) is 39.8 Å². The number of hydrogen-bond donors (Lipinski definition) is 1. The largest absolute Gasteiger partial charge is 0.352 e. The molecule has 1 aromatic carbocycles. The van der Waals surface area contributed by atoms with Crippen LogP contribution in [0.2, 0.25) is 0 Å². The number of nitrogens with zero attached hydrogens (tertiary/aromatic N) is 4. The molecule has 7 nitrogen and oxygen atoms in total. The molecule has 2 rings (SSSR count). The van der Waals surface area contributed by atoms with E-state index in [1.54, 1.807) is 19.2 Å². The van der Waals surface area contributed by atoms with Crippen molar-refractivity contribution in [1.82, 2.24) is 15.1 Å². The molecule has 0 aliphatic carbocycles. The van der Waals surface area contributed by atoms with E-state index in [4.69, 9.17) is 0 Å². The molecule has 0 saturated carbocycles. The zero-order valence-corrected chi connectivity index (χ0v) is 17.5. The summed E-state index contributed by atoms with van der Waals surface area (Å²) >= 11 is 0. The van der Waals surface area contributed by atoms with Crippen molar-refractivity contribution in [3.8, 4) is 0 Å². The number of aliphatic imine (C=N–C) groups is 1. The molecule has 1 N–H and O–H groups in total. The number of nitro groups is 1. The third kappa shape index (κ3) is 6.77. The topological polar surface area (TPSA) is 74.0 Å². The van der Waals surface area contributed by atoms with Crippen LogP contribution in [0.1, 0.15) is 19.4 Å². The van der Waals surface area contributed by atoms with Crippen LogP contribution in [0.25, 0.3) is 0 Å². The molecule has 0 aromatic heterocycles. The van der Waals surface area contributed by atoms with Gasteiger partial charge < -0.3 is 10.2 Å². The van der Waals surface area contributed by atoms with E-state index in [0.29, 0.717) is 12.5 Å². The van der Waals surface area contributed by atoms with Crippen LogP contribution in [-0.4, -0.2) is 60.5 Å². The number of non-ortho nitro benzene ring substituents is 1. The fraction of sp³-hybridized carbons (Fsp3) is 0.588. The first-order valence-corrected chi connectivity index (χ1v) is 8.41. The van der Waals surface area contributed by atoms with Crippen molar-refractivity contribution in [1.29, 1.82) is 0 Å². The highest BCUT2D eigenvalue weighted by Gasteiger charge is 2.19. The van der Waals surface area contributed by atoms with Crippen LogP contribution < -0.4 is 5.32 Å². The Morgan fingerprint density at radius 3 is 2.32 bits per heavy atom. The summed E-state index contributed by atoms with van der Waals surface area (Å²) in [6.07, 6.45) is 0. The minimum Gasteiger partial charge on any atom is -0.352 e. The van der Waals surface area contributed by atoms with E-state index in [1.165, 1.54) is 12.1 Å². The first kappa shape index (κ1) is 21.6. The summed E-state index contributed by atoms with van der Waals surface area (Å²) in [7, 11) is 1.79. The second-order valence-electron chi connectivity index (χ2n) is 6.51. The number of piperazine rings is 1. The zero-order chi connectivity index (χ0) is 17.5. The van der Waals surface area contributed by atoms with Crippen LogP contribution >= 0.6 is 24.0 Å². The number of hydrogen-bond acceptors (Lipinski definition) is 4. The molecule has 140 valence electrons. The maximum absolute atomic E-state index is 10.7. The highest BCUT2D eigenvalue weighted by molar-refractivity contribution is 14.0. The van der Waals surface area contributed by atoms with Gasteiger partial charge in [-0.15, -0.1) is 24.0 Å². The second-order valence-corrected chi connectivity index (χ2v) is 6.51.